The summed E-state index contributed by atoms with van der Waals surface area (Å²) >= 11 is 0. The fourth-order valence-corrected chi connectivity index (χ4v) is 3.08. The molecule has 1 aliphatic rings. The lowest BCUT2D eigenvalue weighted by molar-refractivity contribution is 0.0790. The van der Waals surface area contributed by atoms with Crippen LogP contribution in [0.2, 0.25) is 0 Å². The van der Waals surface area contributed by atoms with E-state index in [9.17, 15) is 4.79 Å². The highest BCUT2D eigenvalue weighted by Crippen LogP contribution is 2.30. The lowest BCUT2D eigenvalue weighted by atomic mass is 10.0. The van der Waals surface area contributed by atoms with Crippen LogP contribution < -0.4 is 0 Å². The smallest absolute Gasteiger partial charge is 0.257 e. The van der Waals surface area contributed by atoms with E-state index in [-0.39, 0.29) is 11.8 Å². The van der Waals surface area contributed by atoms with Gasteiger partial charge in [0.15, 0.2) is 5.65 Å². The second-order valence-corrected chi connectivity index (χ2v) is 5.65. The molecule has 1 saturated heterocycles. The summed E-state index contributed by atoms with van der Waals surface area (Å²) in [4.78, 5) is 18.6. The molecule has 7 heteroatoms. The summed E-state index contributed by atoms with van der Waals surface area (Å²) in [6, 6.07) is 3.93. The van der Waals surface area contributed by atoms with E-state index in [1.807, 2.05) is 24.1 Å². The topological polar surface area (TPSA) is 79.7 Å². The highest BCUT2D eigenvalue weighted by atomic mass is 16.2. The highest BCUT2D eigenvalue weighted by Gasteiger charge is 2.30. The maximum Gasteiger partial charge on any atom is 0.257 e. The van der Waals surface area contributed by atoms with Gasteiger partial charge in [-0.25, -0.2) is 4.98 Å². The van der Waals surface area contributed by atoms with Crippen molar-refractivity contribution in [2.45, 2.75) is 12.3 Å². The molecule has 22 heavy (non-hydrogen) atoms. The molecular weight excluding hydrogens is 280 g/mol. The Labute approximate surface area is 126 Å². The molecule has 3 aromatic rings. The number of aryl methyl sites for hydroxylation is 1. The molecule has 1 atom stereocenters. The van der Waals surface area contributed by atoms with Crippen LogP contribution in [-0.2, 0) is 7.05 Å². The number of amides is 1. The van der Waals surface area contributed by atoms with Gasteiger partial charge in [0, 0.05) is 49.5 Å². The van der Waals surface area contributed by atoms with Crippen LogP contribution in [0.4, 0.5) is 0 Å². The Morgan fingerprint density at radius 2 is 2.36 bits per heavy atom. The van der Waals surface area contributed by atoms with Gasteiger partial charge in [-0.1, -0.05) is 0 Å². The maximum absolute atomic E-state index is 12.5. The molecule has 1 amide bonds. The monoisotopic (exact) mass is 296 g/mol. The van der Waals surface area contributed by atoms with Crippen molar-refractivity contribution in [3.63, 3.8) is 0 Å². The number of aromatic nitrogens is 5. The van der Waals surface area contributed by atoms with E-state index in [0.717, 1.165) is 29.7 Å². The van der Waals surface area contributed by atoms with Crippen LogP contribution in [0.3, 0.4) is 0 Å². The number of fused-ring (bicyclic) bond motifs is 1. The highest BCUT2D eigenvalue weighted by molar-refractivity contribution is 5.94. The molecule has 0 unspecified atom stereocenters. The molecule has 4 heterocycles. The van der Waals surface area contributed by atoms with E-state index in [1.165, 1.54) is 0 Å². The summed E-state index contributed by atoms with van der Waals surface area (Å²) in [7, 11) is 1.81. The molecule has 112 valence electrons. The molecule has 4 rings (SSSR count). The number of hydrogen-bond acceptors (Lipinski definition) is 4. The van der Waals surface area contributed by atoms with Crippen LogP contribution in [0.5, 0.6) is 0 Å². The van der Waals surface area contributed by atoms with Crippen molar-refractivity contribution in [2.24, 2.45) is 7.05 Å². The lowest BCUT2D eigenvalue weighted by Gasteiger charge is -2.15. The minimum atomic E-state index is 0.0394. The van der Waals surface area contributed by atoms with Crippen molar-refractivity contribution in [3.05, 3.63) is 42.0 Å². The Morgan fingerprint density at radius 3 is 3.18 bits per heavy atom. The first-order chi connectivity index (χ1) is 10.7. The molecule has 3 aromatic heterocycles. The molecule has 0 spiro atoms. The normalized spacial score (nSPS) is 18.2. The summed E-state index contributed by atoms with van der Waals surface area (Å²) in [5.74, 6) is 0.312. The molecule has 0 aliphatic carbocycles. The van der Waals surface area contributed by atoms with Crippen molar-refractivity contribution in [2.75, 3.05) is 13.1 Å². The van der Waals surface area contributed by atoms with Gasteiger partial charge in [0.2, 0.25) is 0 Å². The Hall–Kier alpha value is -2.70. The zero-order valence-corrected chi connectivity index (χ0v) is 12.2. The van der Waals surface area contributed by atoms with Gasteiger partial charge in [0.05, 0.1) is 11.8 Å². The van der Waals surface area contributed by atoms with Gasteiger partial charge in [0.25, 0.3) is 5.91 Å². The number of rotatable bonds is 2. The van der Waals surface area contributed by atoms with Crippen LogP contribution in [0.1, 0.15) is 28.4 Å². The molecule has 0 radical (unpaired) electrons. The van der Waals surface area contributed by atoms with Crippen molar-refractivity contribution in [1.82, 2.24) is 29.9 Å². The third kappa shape index (κ3) is 2.05. The van der Waals surface area contributed by atoms with Crippen molar-refractivity contribution in [1.29, 1.82) is 0 Å². The summed E-state index contributed by atoms with van der Waals surface area (Å²) in [6.45, 7) is 1.44. The molecule has 7 nitrogen and oxygen atoms in total. The number of hydrogen-bond donors (Lipinski definition) is 1. The van der Waals surface area contributed by atoms with Gasteiger partial charge >= 0.3 is 0 Å². The number of H-pyrrole nitrogens is 1. The first-order valence-electron chi connectivity index (χ1n) is 7.29. The largest absolute Gasteiger partial charge is 0.338 e. The summed E-state index contributed by atoms with van der Waals surface area (Å²) in [5.41, 5.74) is 2.44. The number of likely N-dealkylation sites (tertiary alicyclic amines) is 1. The van der Waals surface area contributed by atoms with E-state index < -0.39 is 0 Å². The van der Waals surface area contributed by atoms with E-state index in [2.05, 4.69) is 20.3 Å². The second kappa shape index (κ2) is 4.94. The van der Waals surface area contributed by atoms with Crippen LogP contribution in [0, 0.1) is 0 Å². The number of nitrogens with zero attached hydrogens (tertiary/aromatic N) is 5. The molecule has 1 aliphatic heterocycles. The molecule has 0 aromatic carbocycles. The standard InChI is InChI=1S/C15H16N6O/c1-20-8-11(7-17-20)15(22)21-6-4-10(9-21)13-12-3-2-5-16-14(12)19-18-13/h2-3,5,7-8,10H,4,6,9H2,1H3,(H,16,18,19)/t10-/m1/s1. The zero-order valence-electron chi connectivity index (χ0n) is 12.2. The lowest BCUT2D eigenvalue weighted by Crippen LogP contribution is -2.28. The van der Waals surface area contributed by atoms with E-state index >= 15 is 0 Å². The first kappa shape index (κ1) is 13.0. The molecular formula is C15H16N6O. The summed E-state index contributed by atoms with van der Waals surface area (Å²) < 4.78 is 1.65. The summed E-state index contributed by atoms with van der Waals surface area (Å²) in [5, 5.41) is 12.4. The molecule has 0 bridgehead atoms. The van der Waals surface area contributed by atoms with Gasteiger partial charge in [0.1, 0.15) is 0 Å². The average molecular weight is 296 g/mol. The third-order valence-corrected chi connectivity index (χ3v) is 4.19. The fourth-order valence-electron chi connectivity index (χ4n) is 3.08. The first-order valence-corrected chi connectivity index (χ1v) is 7.29. The van der Waals surface area contributed by atoms with Gasteiger partial charge < -0.3 is 4.90 Å². The second-order valence-electron chi connectivity index (χ2n) is 5.65. The van der Waals surface area contributed by atoms with E-state index in [4.69, 9.17) is 0 Å². The summed E-state index contributed by atoms with van der Waals surface area (Å²) in [6.07, 6.45) is 6.04. The minimum Gasteiger partial charge on any atom is -0.338 e. The van der Waals surface area contributed by atoms with Crippen LogP contribution in [0.15, 0.2) is 30.7 Å². The maximum atomic E-state index is 12.5. The Bertz CT molecular complexity index is 835. The molecule has 1 fully saturated rings. The van der Waals surface area contributed by atoms with Crippen LogP contribution >= 0.6 is 0 Å². The predicted octanol–water partition coefficient (Wildman–Crippen LogP) is 1.32. The van der Waals surface area contributed by atoms with Crippen molar-refractivity contribution < 1.29 is 4.79 Å². The van der Waals surface area contributed by atoms with E-state index in [1.54, 1.807) is 23.3 Å². The van der Waals surface area contributed by atoms with Crippen LogP contribution in [-0.4, -0.2) is 48.9 Å². The average Bonchev–Trinajstić information content (AvgIpc) is 3.24. The molecule has 0 saturated carbocycles. The number of carbonyl (C=O) groups is 1. The van der Waals surface area contributed by atoms with E-state index in [0.29, 0.717) is 12.1 Å². The Balaban J connectivity index is 1.56. The van der Waals surface area contributed by atoms with Crippen molar-refractivity contribution >= 4 is 16.9 Å². The van der Waals surface area contributed by atoms with Gasteiger partial charge in [-0.05, 0) is 18.6 Å². The fraction of sp³-hybridized carbons (Fsp3) is 0.333. The number of pyridine rings is 1. The van der Waals surface area contributed by atoms with Gasteiger partial charge in [-0.15, -0.1) is 0 Å². The quantitative estimate of drug-likeness (QED) is 0.773. The molecule has 1 N–H and O–H groups in total. The van der Waals surface area contributed by atoms with Crippen LogP contribution in [0.25, 0.3) is 11.0 Å². The number of aromatic amines is 1. The minimum absolute atomic E-state index is 0.0394. The Morgan fingerprint density at radius 1 is 1.45 bits per heavy atom. The zero-order chi connectivity index (χ0) is 15.1. The number of nitrogens with one attached hydrogen (secondary N) is 1. The predicted molar refractivity (Wildman–Crippen MR) is 80.4 cm³/mol. The van der Waals surface area contributed by atoms with Gasteiger partial charge in [-0.3, -0.25) is 14.6 Å². The number of carbonyl (C=O) groups excluding carboxylic acids is 1. The third-order valence-electron chi connectivity index (χ3n) is 4.19. The van der Waals surface area contributed by atoms with Crippen molar-refractivity contribution in [3.8, 4) is 0 Å². The Kier molecular flexibility index (Phi) is 2.92. The SMILES string of the molecule is Cn1cc(C(=O)N2CC[C@@H](c3[nH]nc4ncccc34)C2)cn1. The van der Waals surface area contributed by atoms with Gasteiger partial charge in [-0.2, -0.15) is 10.2 Å².